The molecule has 1 heterocycles. The molecule has 1 rings (SSSR count). The van der Waals surface area contributed by atoms with Crippen LogP contribution in [0.5, 0.6) is 0 Å². The Hall–Kier alpha value is -1.29. The first kappa shape index (κ1) is 12.8. The van der Waals surface area contributed by atoms with E-state index in [1.807, 2.05) is 20.8 Å². The number of halogens is 1. The van der Waals surface area contributed by atoms with Gasteiger partial charge in [0.25, 0.3) is 5.56 Å². The number of carboxylic acid groups (broad SMARTS) is 1. The van der Waals surface area contributed by atoms with E-state index < -0.39 is 11.5 Å². The van der Waals surface area contributed by atoms with Crippen molar-refractivity contribution in [2.24, 2.45) is 0 Å². The van der Waals surface area contributed by atoms with Gasteiger partial charge in [0.15, 0.2) is 0 Å². The molecule has 0 amide bonds. The summed E-state index contributed by atoms with van der Waals surface area (Å²) in [5, 5.41) is 9.21. The van der Waals surface area contributed by atoms with Crippen LogP contribution in [0.4, 0.5) is 0 Å². The van der Waals surface area contributed by atoms with Crippen molar-refractivity contribution >= 4 is 17.6 Å². The van der Waals surface area contributed by atoms with Gasteiger partial charge in [0.1, 0.15) is 5.56 Å². The molecule has 0 saturated heterocycles. The monoisotopic (exact) mass is 243 g/mol. The van der Waals surface area contributed by atoms with Gasteiger partial charge >= 0.3 is 5.97 Å². The molecule has 16 heavy (non-hydrogen) atoms. The number of carbonyl (C=O) groups is 1. The van der Waals surface area contributed by atoms with Gasteiger partial charge in [-0.25, -0.2) is 4.79 Å². The van der Waals surface area contributed by atoms with Gasteiger partial charge in [0.05, 0.1) is 5.02 Å². The lowest BCUT2D eigenvalue weighted by Gasteiger charge is -2.17. The van der Waals surface area contributed by atoms with Crippen LogP contribution < -0.4 is 5.56 Å². The summed E-state index contributed by atoms with van der Waals surface area (Å²) in [5.74, 6) is -1.25. The quantitative estimate of drug-likeness (QED) is 0.887. The Kier molecular flexibility index (Phi) is 3.75. The molecule has 1 aromatic heterocycles. The Bertz CT molecular complexity index is 477. The van der Waals surface area contributed by atoms with Crippen molar-refractivity contribution in [2.75, 3.05) is 0 Å². The van der Waals surface area contributed by atoms with Crippen molar-refractivity contribution in [3.63, 3.8) is 0 Å². The zero-order valence-electron chi connectivity index (χ0n) is 9.45. The van der Waals surface area contributed by atoms with Gasteiger partial charge in [-0.2, -0.15) is 0 Å². The maximum Gasteiger partial charge on any atom is 0.341 e. The van der Waals surface area contributed by atoms with Gasteiger partial charge in [-0.3, -0.25) is 4.79 Å². The largest absolute Gasteiger partial charge is 0.477 e. The van der Waals surface area contributed by atoms with Gasteiger partial charge in [-0.1, -0.05) is 18.5 Å². The molecule has 0 aliphatic heterocycles. The van der Waals surface area contributed by atoms with E-state index in [9.17, 15) is 9.59 Å². The smallest absolute Gasteiger partial charge is 0.341 e. The second-order valence-electron chi connectivity index (χ2n) is 3.78. The topological polar surface area (TPSA) is 59.3 Å². The predicted molar refractivity (Wildman–Crippen MR) is 62.4 cm³/mol. The number of nitrogens with zero attached hydrogens (tertiary/aromatic N) is 1. The van der Waals surface area contributed by atoms with Crippen molar-refractivity contribution in [1.82, 2.24) is 4.57 Å². The fourth-order valence-electron chi connectivity index (χ4n) is 1.68. The first-order valence-electron chi connectivity index (χ1n) is 5.07. The lowest BCUT2D eigenvalue weighted by atomic mass is 10.2. The summed E-state index contributed by atoms with van der Waals surface area (Å²) in [6, 6.07) is 1.11. The normalized spacial score (nSPS) is 10.8. The Morgan fingerprint density at radius 1 is 1.56 bits per heavy atom. The number of hydrogen-bond donors (Lipinski definition) is 1. The minimum Gasteiger partial charge on any atom is -0.477 e. The summed E-state index contributed by atoms with van der Waals surface area (Å²) in [4.78, 5) is 22.8. The van der Waals surface area contributed by atoms with Crippen LogP contribution in [-0.2, 0) is 6.42 Å². The average Bonchev–Trinajstić information content (AvgIpc) is 2.19. The molecule has 0 bridgehead atoms. The zero-order valence-corrected chi connectivity index (χ0v) is 10.2. The van der Waals surface area contributed by atoms with Crippen LogP contribution in [0, 0.1) is 0 Å². The molecule has 0 aliphatic carbocycles. The third-order valence-corrected chi connectivity index (χ3v) is 2.70. The third kappa shape index (κ3) is 2.11. The van der Waals surface area contributed by atoms with E-state index in [-0.39, 0.29) is 11.6 Å². The Morgan fingerprint density at radius 2 is 2.12 bits per heavy atom. The van der Waals surface area contributed by atoms with E-state index in [4.69, 9.17) is 16.7 Å². The lowest BCUT2D eigenvalue weighted by Crippen LogP contribution is -2.30. The van der Waals surface area contributed by atoms with Gasteiger partial charge < -0.3 is 9.67 Å². The summed E-state index contributed by atoms with van der Waals surface area (Å²) >= 11 is 5.97. The first-order chi connectivity index (χ1) is 7.40. The van der Waals surface area contributed by atoms with Crippen LogP contribution in [0.2, 0.25) is 5.02 Å². The highest BCUT2D eigenvalue weighted by Gasteiger charge is 2.18. The fraction of sp³-hybridized carbons (Fsp3) is 0.455. The summed E-state index contributed by atoms with van der Waals surface area (Å²) in [6.45, 7) is 5.52. The SMILES string of the molecule is CCc1c(Cl)cc(C(=O)O)c(=O)n1C(C)C. The van der Waals surface area contributed by atoms with Gasteiger partial charge in [0, 0.05) is 11.7 Å². The minimum absolute atomic E-state index is 0.112. The number of carboxylic acids is 1. The van der Waals surface area contributed by atoms with Gasteiger partial charge in [-0.05, 0) is 26.3 Å². The highest BCUT2D eigenvalue weighted by molar-refractivity contribution is 6.31. The van der Waals surface area contributed by atoms with Crippen LogP contribution in [0.15, 0.2) is 10.9 Å². The van der Waals surface area contributed by atoms with E-state index in [0.717, 1.165) is 0 Å². The Labute approximate surface area is 98.5 Å². The summed E-state index contributed by atoms with van der Waals surface area (Å²) in [7, 11) is 0. The van der Waals surface area contributed by atoms with Crippen LogP contribution in [0.25, 0.3) is 0 Å². The van der Waals surface area contributed by atoms with Crippen molar-refractivity contribution in [2.45, 2.75) is 33.2 Å². The zero-order chi connectivity index (χ0) is 12.5. The molecule has 1 aromatic rings. The number of hydrogen-bond acceptors (Lipinski definition) is 2. The van der Waals surface area contributed by atoms with Crippen molar-refractivity contribution in [3.8, 4) is 0 Å². The summed E-state index contributed by atoms with van der Waals surface area (Å²) in [6.07, 6.45) is 0.589. The van der Waals surface area contributed by atoms with E-state index in [2.05, 4.69) is 0 Å². The minimum atomic E-state index is -1.25. The van der Waals surface area contributed by atoms with E-state index in [1.165, 1.54) is 10.6 Å². The molecule has 0 saturated carbocycles. The number of aromatic nitrogens is 1. The first-order valence-corrected chi connectivity index (χ1v) is 5.45. The molecule has 0 fully saturated rings. The average molecular weight is 244 g/mol. The third-order valence-electron chi connectivity index (χ3n) is 2.37. The predicted octanol–water partition coefficient (Wildman–Crippen LogP) is 2.34. The Balaban J connectivity index is 3.66. The summed E-state index contributed by atoms with van der Waals surface area (Å²) < 4.78 is 1.44. The number of pyridine rings is 1. The molecule has 1 N–H and O–H groups in total. The second-order valence-corrected chi connectivity index (χ2v) is 4.19. The molecular weight excluding hydrogens is 230 g/mol. The second kappa shape index (κ2) is 4.70. The van der Waals surface area contributed by atoms with Gasteiger partial charge in [0.2, 0.25) is 0 Å². The number of rotatable bonds is 3. The van der Waals surface area contributed by atoms with Crippen molar-refractivity contribution in [3.05, 3.63) is 32.7 Å². The highest BCUT2D eigenvalue weighted by atomic mass is 35.5. The number of aromatic carboxylic acids is 1. The highest BCUT2D eigenvalue weighted by Crippen LogP contribution is 2.19. The molecule has 0 unspecified atom stereocenters. The molecule has 88 valence electrons. The molecule has 0 aromatic carbocycles. The van der Waals surface area contributed by atoms with E-state index >= 15 is 0 Å². The van der Waals surface area contributed by atoms with E-state index in [1.54, 1.807) is 0 Å². The standard InChI is InChI=1S/C11H14ClNO3/c1-4-9-8(12)5-7(11(15)16)10(14)13(9)6(2)3/h5-6H,4H2,1-3H3,(H,15,16). The fourth-order valence-corrected chi connectivity index (χ4v) is 2.01. The maximum atomic E-state index is 11.9. The maximum absolute atomic E-state index is 11.9. The molecule has 0 aliphatic rings. The molecular formula is C11H14ClNO3. The van der Waals surface area contributed by atoms with Crippen molar-refractivity contribution < 1.29 is 9.90 Å². The molecule has 0 radical (unpaired) electrons. The molecule has 0 atom stereocenters. The van der Waals surface area contributed by atoms with Crippen LogP contribution in [0.1, 0.15) is 42.9 Å². The van der Waals surface area contributed by atoms with Gasteiger partial charge in [-0.15, -0.1) is 0 Å². The molecule has 5 heteroatoms. The Morgan fingerprint density at radius 3 is 2.50 bits per heavy atom. The molecule has 4 nitrogen and oxygen atoms in total. The van der Waals surface area contributed by atoms with Crippen LogP contribution >= 0.6 is 11.6 Å². The van der Waals surface area contributed by atoms with Crippen LogP contribution in [-0.4, -0.2) is 15.6 Å². The van der Waals surface area contributed by atoms with Crippen molar-refractivity contribution in [1.29, 1.82) is 0 Å². The molecule has 0 spiro atoms. The summed E-state index contributed by atoms with van der Waals surface area (Å²) in [5.41, 5.74) is -0.105. The van der Waals surface area contributed by atoms with E-state index in [0.29, 0.717) is 17.1 Å². The lowest BCUT2D eigenvalue weighted by molar-refractivity contribution is 0.0694. The van der Waals surface area contributed by atoms with Crippen LogP contribution in [0.3, 0.4) is 0 Å².